The largest absolute Gasteiger partial charge is 0.238 e. The molecule has 0 N–H and O–H groups in total. The van der Waals surface area contributed by atoms with E-state index in [0.29, 0.717) is 80.4 Å². The minimum Gasteiger partial charge on any atom is -0.238 e. The van der Waals surface area contributed by atoms with Gasteiger partial charge in [0.05, 0.1) is 60.0 Å². The fourth-order valence-electron chi connectivity index (χ4n) is 3.97. The van der Waals surface area contributed by atoms with Gasteiger partial charge in [0.2, 0.25) is 0 Å². The molecule has 4 aromatic carbocycles. The van der Waals surface area contributed by atoms with Crippen LogP contribution in [-0.2, 0) is 0 Å². The van der Waals surface area contributed by atoms with Crippen molar-refractivity contribution in [3.05, 3.63) is 148 Å². The van der Waals surface area contributed by atoms with Crippen LogP contribution >= 0.6 is 69.6 Å². The molecule has 0 unspecified atom stereocenters. The van der Waals surface area contributed by atoms with Gasteiger partial charge in [0, 0.05) is 0 Å². The molecule has 0 aliphatic heterocycles. The average Bonchev–Trinajstić information content (AvgIpc) is 2.97. The average molecular weight is 666 g/mol. The van der Waals surface area contributed by atoms with Gasteiger partial charge in [0.1, 0.15) is 0 Å². The zero-order valence-corrected chi connectivity index (χ0v) is 25.8. The Hall–Kier alpha value is -3.69. The molecule has 42 heavy (non-hydrogen) atoms. The lowest BCUT2D eigenvalue weighted by Crippen LogP contribution is -1.88. The normalized spacial score (nSPS) is 11.9. The second-order valence-corrected chi connectivity index (χ2v) is 11.2. The van der Waals surface area contributed by atoms with E-state index in [2.05, 4.69) is 17.0 Å². The van der Waals surface area contributed by atoms with Crippen LogP contribution in [0.15, 0.2) is 72.8 Å². The SMILES string of the molecule is [C-]#[N+]/C(=C\c1cc(/C=C(\C#N)c2ccc(Cl)c(Cl)c2)cc(/C=C(\C#N)c2ccc(Cl)c(Cl)c2)c1)c1ccc(Cl)c(Cl)c1. The van der Waals surface area contributed by atoms with Crippen LogP contribution in [-0.4, -0.2) is 0 Å². The predicted molar refractivity (Wildman–Crippen MR) is 177 cm³/mol. The van der Waals surface area contributed by atoms with Crippen molar-refractivity contribution in [1.29, 1.82) is 10.5 Å². The Labute approximate surface area is 273 Å². The van der Waals surface area contributed by atoms with Crippen LogP contribution in [0.3, 0.4) is 0 Å². The van der Waals surface area contributed by atoms with Crippen molar-refractivity contribution in [3.63, 3.8) is 0 Å². The van der Waals surface area contributed by atoms with Gasteiger partial charge >= 0.3 is 0 Å². The zero-order valence-electron chi connectivity index (χ0n) is 21.3. The highest BCUT2D eigenvalue weighted by molar-refractivity contribution is 6.43. The summed E-state index contributed by atoms with van der Waals surface area (Å²) in [7, 11) is 0. The molecule has 3 nitrogen and oxygen atoms in total. The highest BCUT2D eigenvalue weighted by atomic mass is 35.5. The molecule has 0 atom stereocenters. The molecule has 0 fully saturated rings. The first-order chi connectivity index (χ1) is 20.1. The lowest BCUT2D eigenvalue weighted by molar-refractivity contribution is 1.51. The summed E-state index contributed by atoms with van der Waals surface area (Å²) < 4.78 is 0. The number of halogens is 6. The van der Waals surface area contributed by atoms with Crippen LogP contribution in [0.25, 0.3) is 39.9 Å². The molecule has 0 saturated carbocycles. The van der Waals surface area contributed by atoms with Crippen LogP contribution in [0.5, 0.6) is 0 Å². The molecule has 0 heterocycles. The monoisotopic (exact) mass is 663 g/mol. The Morgan fingerprint density at radius 3 is 1.24 bits per heavy atom. The maximum atomic E-state index is 9.95. The zero-order chi connectivity index (χ0) is 30.4. The van der Waals surface area contributed by atoms with Crippen molar-refractivity contribution in [1.82, 2.24) is 0 Å². The highest BCUT2D eigenvalue weighted by Gasteiger charge is 2.10. The summed E-state index contributed by atoms with van der Waals surface area (Å²) in [5.74, 6) is 0. The molecule has 4 aromatic rings. The molecule has 0 aliphatic carbocycles. The third kappa shape index (κ3) is 7.57. The fourth-order valence-corrected chi connectivity index (χ4v) is 4.86. The van der Waals surface area contributed by atoms with Gasteiger partial charge in [-0.05, 0) is 106 Å². The predicted octanol–water partition coefficient (Wildman–Crippen LogP) is 12.2. The van der Waals surface area contributed by atoms with E-state index in [0.717, 1.165) is 0 Å². The Morgan fingerprint density at radius 1 is 0.524 bits per heavy atom. The van der Waals surface area contributed by atoms with Crippen molar-refractivity contribution >= 4 is 105 Å². The van der Waals surface area contributed by atoms with Gasteiger partial charge < -0.3 is 0 Å². The third-order valence-electron chi connectivity index (χ3n) is 5.96. The van der Waals surface area contributed by atoms with E-state index in [-0.39, 0.29) is 0 Å². The number of benzene rings is 4. The Bertz CT molecular complexity index is 1700. The van der Waals surface area contributed by atoms with Gasteiger partial charge in [-0.25, -0.2) is 4.85 Å². The number of nitrogens with zero attached hydrogens (tertiary/aromatic N) is 3. The Morgan fingerprint density at radius 2 is 0.881 bits per heavy atom. The molecule has 0 bridgehead atoms. The first kappa shape index (κ1) is 31.3. The minimum atomic E-state index is 0.319. The summed E-state index contributed by atoms with van der Waals surface area (Å²) in [6.45, 7) is 7.79. The maximum Gasteiger partial charge on any atom is 0.194 e. The smallest absolute Gasteiger partial charge is 0.194 e. The van der Waals surface area contributed by atoms with E-state index in [9.17, 15) is 10.5 Å². The molecule has 0 spiro atoms. The number of hydrogen-bond donors (Lipinski definition) is 0. The molecule has 0 saturated heterocycles. The molecule has 0 amide bonds. The lowest BCUT2D eigenvalue weighted by Gasteiger charge is -2.08. The summed E-state index contributed by atoms with van der Waals surface area (Å²) in [5, 5.41) is 22.0. The molecule has 0 aliphatic rings. The summed E-state index contributed by atoms with van der Waals surface area (Å²) in [6, 6.07) is 24.7. The van der Waals surface area contributed by atoms with Gasteiger partial charge in [-0.3, -0.25) is 0 Å². The first-order valence-corrected chi connectivity index (χ1v) is 14.2. The molecule has 0 radical (unpaired) electrons. The van der Waals surface area contributed by atoms with Gasteiger partial charge in [0.15, 0.2) is 5.70 Å². The second-order valence-electron chi connectivity index (χ2n) is 8.80. The Kier molecular flexibility index (Phi) is 10.4. The van der Waals surface area contributed by atoms with E-state index in [4.69, 9.17) is 76.2 Å². The number of rotatable bonds is 6. The lowest BCUT2D eigenvalue weighted by atomic mass is 9.97. The van der Waals surface area contributed by atoms with Gasteiger partial charge in [-0.2, -0.15) is 10.5 Å². The van der Waals surface area contributed by atoms with Gasteiger partial charge in [0.25, 0.3) is 0 Å². The summed E-state index contributed by atoms with van der Waals surface area (Å²) >= 11 is 36.8. The quantitative estimate of drug-likeness (QED) is 0.117. The molecule has 204 valence electrons. The van der Waals surface area contributed by atoms with E-state index in [1.54, 1.807) is 72.8 Å². The topological polar surface area (TPSA) is 51.9 Å². The summed E-state index contributed by atoms with van der Waals surface area (Å²) in [4.78, 5) is 3.69. The summed E-state index contributed by atoms with van der Waals surface area (Å²) in [5.41, 5.74) is 4.66. The van der Waals surface area contributed by atoms with Gasteiger partial charge in [-0.15, -0.1) is 0 Å². The summed E-state index contributed by atoms with van der Waals surface area (Å²) in [6.07, 6.45) is 5.07. The Balaban J connectivity index is 1.91. The highest BCUT2D eigenvalue weighted by Crippen LogP contribution is 2.32. The van der Waals surface area contributed by atoms with Crippen molar-refractivity contribution in [2.45, 2.75) is 0 Å². The maximum absolute atomic E-state index is 9.95. The number of allylic oxidation sites excluding steroid dienone is 2. The van der Waals surface area contributed by atoms with E-state index in [1.165, 1.54) is 0 Å². The van der Waals surface area contributed by atoms with Crippen molar-refractivity contribution in [3.8, 4) is 12.1 Å². The minimum absolute atomic E-state index is 0.319. The van der Waals surface area contributed by atoms with Crippen molar-refractivity contribution < 1.29 is 0 Å². The number of hydrogen-bond acceptors (Lipinski definition) is 2. The van der Waals surface area contributed by atoms with Crippen LogP contribution in [0.4, 0.5) is 0 Å². The van der Waals surface area contributed by atoms with Crippen LogP contribution in [0.2, 0.25) is 30.1 Å². The van der Waals surface area contributed by atoms with Crippen LogP contribution in [0.1, 0.15) is 33.4 Å². The molecule has 9 heteroatoms. The standard InChI is InChI=1S/C33H15Cl6N3/c1-42-33(24-4-7-29(36)32(39)16-24)13-21-9-19(11-25(17-40)22-2-5-27(34)30(37)14-22)8-20(10-21)12-26(18-41)23-3-6-28(35)31(38)15-23/h2-16H/b25-11+,26-12+,33-13-. The molecular formula is C33H15Cl6N3. The fraction of sp³-hybridized carbons (Fsp3) is 0. The van der Waals surface area contributed by atoms with E-state index < -0.39 is 0 Å². The van der Waals surface area contributed by atoms with Crippen LogP contribution < -0.4 is 0 Å². The molecular weight excluding hydrogens is 651 g/mol. The third-order valence-corrected chi connectivity index (χ3v) is 8.18. The van der Waals surface area contributed by atoms with Crippen molar-refractivity contribution in [2.75, 3.05) is 0 Å². The van der Waals surface area contributed by atoms with Crippen LogP contribution in [0, 0.1) is 29.2 Å². The molecule has 4 rings (SSSR count). The molecule has 0 aromatic heterocycles. The van der Waals surface area contributed by atoms with E-state index >= 15 is 0 Å². The first-order valence-electron chi connectivity index (χ1n) is 12.0. The van der Waals surface area contributed by atoms with Crippen molar-refractivity contribution in [2.24, 2.45) is 0 Å². The number of nitriles is 2. The van der Waals surface area contributed by atoms with E-state index in [1.807, 2.05) is 18.2 Å². The second kappa shape index (κ2) is 14.0. The van der Waals surface area contributed by atoms with Gasteiger partial charge in [-0.1, -0.05) is 87.8 Å².